The molecule has 0 unspecified atom stereocenters. The zero-order chi connectivity index (χ0) is 18.1. The average Bonchev–Trinajstić information content (AvgIpc) is 3.03. The highest BCUT2D eigenvalue weighted by molar-refractivity contribution is 5.86. The molecule has 3 aromatic rings. The van der Waals surface area contributed by atoms with Crippen molar-refractivity contribution >= 4 is 18.4 Å². The van der Waals surface area contributed by atoms with Crippen LogP contribution < -0.4 is 0 Å². The molecule has 0 aliphatic carbocycles. The normalized spacial score (nSPS) is 13.7. The maximum atomic E-state index is 11.2. The van der Waals surface area contributed by atoms with E-state index < -0.39 is 5.97 Å². The van der Waals surface area contributed by atoms with Crippen LogP contribution in [0.5, 0.6) is 0 Å². The molecule has 7 heteroatoms. The topological polar surface area (TPSA) is 71.2 Å². The number of aromatic carboxylic acids is 1. The second-order valence-electron chi connectivity index (χ2n) is 6.60. The first-order chi connectivity index (χ1) is 12.6. The van der Waals surface area contributed by atoms with E-state index in [9.17, 15) is 9.90 Å². The number of rotatable bonds is 4. The highest BCUT2D eigenvalue weighted by Gasteiger charge is 2.22. The van der Waals surface area contributed by atoms with E-state index in [0.717, 1.165) is 31.7 Å². The number of carbonyl (C=O) groups is 1. The molecular formula is C20H21ClN4O2. The molecule has 0 atom stereocenters. The van der Waals surface area contributed by atoms with Crippen LogP contribution in [0.1, 0.15) is 32.9 Å². The summed E-state index contributed by atoms with van der Waals surface area (Å²) in [7, 11) is 0. The fraction of sp³-hybridized carbons (Fsp3) is 0.250. The van der Waals surface area contributed by atoms with Gasteiger partial charge in [0.05, 0.1) is 11.4 Å². The van der Waals surface area contributed by atoms with E-state index in [-0.39, 0.29) is 18.1 Å². The van der Waals surface area contributed by atoms with Crippen LogP contribution in [-0.4, -0.2) is 37.5 Å². The van der Waals surface area contributed by atoms with Gasteiger partial charge in [0.15, 0.2) is 5.69 Å². The Labute approximate surface area is 163 Å². The molecule has 0 bridgehead atoms. The van der Waals surface area contributed by atoms with Gasteiger partial charge in [-0.3, -0.25) is 4.90 Å². The predicted octanol–water partition coefficient (Wildman–Crippen LogP) is 3.25. The maximum Gasteiger partial charge on any atom is 0.358 e. The Hall–Kier alpha value is -2.70. The van der Waals surface area contributed by atoms with Gasteiger partial charge in [0.2, 0.25) is 0 Å². The van der Waals surface area contributed by atoms with Gasteiger partial charge in [0, 0.05) is 19.6 Å². The largest absolute Gasteiger partial charge is 0.476 e. The summed E-state index contributed by atoms with van der Waals surface area (Å²) in [5.41, 5.74) is 5.28. The number of hydrogen-bond donors (Lipinski definition) is 1. The van der Waals surface area contributed by atoms with Crippen LogP contribution in [-0.2, 0) is 19.5 Å². The lowest BCUT2D eigenvalue weighted by Crippen LogP contribution is -2.30. The smallest absolute Gasteiger partial charge is 0.358 e. The van der Waals surface area contributed by atoms with E-state index in [1.807, 2.05) is 18.2 Å². The molecule has 1 aromatic heterocycles. The summed E-state index contributed by atoms with van der Waals surface area (Å²) in [5, 5.41) is 17.1. The monoisotopic (exact) mass is 384 g/mol. The molecule has 2 heterocycles. The molecule has 2 aromatic carbocycles. The Morgan fingerprint density at radius 3 is 2.63 bits per heavy atom. The lowest BCUT2D eigenvalue weighted by atomic mass is 9.97. The van der Waals surface area contributed by atoms with Crippen LogP contribution in [0.3, 0.4) is 0 Å². The minimum Gasteiger partial charge on any atom is -0.476 e. The van der Waals surface area contributed by atoms with Crippen LogP contribution in [0.15, 0.2) is 48.5 Å². The van der Waals surface area contributed by atoms with Gasteiger partial charge in [0.1, 0.15) is 0 Å². The van der Waals surface area contributed by atoms with E-state index >= 15 is 0 Å². The molecule has 4 rings (SSSR count). The predicted molar refractivity (Wildman–Crippen MR) is 105 cm³/mol. The Kier molecular flexibility index (Phi) is 5.58. The zero-order valence-corrected chi connectivity index (χ0v) is 15.8. The fourth-order valence-corrected chi connectivity index (χ4v) is 3.58. The highest BCUT2D eigenvalue weighted by Crippen LogP contribution is 2.27. The Morgan fingerprint density at radius 2 is 1.93 bits per heavy atom. The van der Waals surface area contributed by atoms with Crippen molar-refractivity contribution in [1.82, 2.24) is 19.9 Å². The van der Waals surface area contributed by atoms with Crippen LogP contribution in [0.25, 0.3) is 5.69 Å². The minimum atomic E-state index is -1.05. The molecule has 0 fully saturated rings. The molecule has 140 valence electrons. The van der Waals surface area contributed by atoms with Crippen molar-refractivity contribution in [3.05, 3.63) is 76.6 Å². The van der Waals surface area contributed by atoms with Crippen LogP contribution in [0.2, 0.25) is 0 Å². The third-order valence-electron chi connectivity index (χ3n) is 4.89. The van der Waals surface area contributed by atoms with E-state index in [1.54, 1.807) is 11.6 Å². The average molecular weight is 385 g/mol. The summed E-state index contributed by atoms with van der Waals surface area (Å²) >= 11 is 0. The second-order valence-corrected chi connectivity index (χ2v) is 6.60. The van der Waals surface area contributed by atoms with Gasteiger partial charge in [-0.2, -0.15) is 0 Å². The molecule has 27 heavy (non-hydrogen) atoms. The Balaban J connectivity index is 0.00000210. The molecule has 1 N–H and O–H groups in total. The molecule has 0 saturated carbocycles. The lowest BCUT2D eigenvalue weighted by molar-refractivity contribution is 0.0689. The fourth-order valence-electron chi connectivity index (χ4n) is 3.58. The number of fused-ring (bicyclic) bond motifs is 1. The summed E-state index contributed by atoms with van der Waals surface area (Å²) in [6.45, 7) is 4.50. The summed E-state index contributed by atoms with van der Waals surface area (Å²) < 4.78 is 1.65. The first-order valence-corrected chi connectivity index (χ1v) is 8.66. The van der Waals surface area contributed by atoms with Crippen LogP contribution >= 0.6 is 12.4 Å². The molecule has 0 amide bonds. The number of benzene rings is 2. The number of carboxylic acid groups (broad SMARTS) is 1. The van der Waals surface area contributed by atoms with Gasteiger partial charge in [-0.15, -0.1) is 17.5 Å². The Morgan fingerprint density at radius 1 is 1.15 bits per heavy atom. The summed E-state index contributed by atoms with van der Waals surface area (Å²) in [6.07, 6.45) is 0.903. The quantitative estimate of drug-likeness (QED) is 0.747. The summed E-state index contributed by atoms with van der Waals surface area (Å²) in [6, 6.07) is 16.6. The van der Waals surface area contributed by atoms with Crippen LogP contribution in [0.4, 0.5) is 0 Å². The lowest BCUT2D eigenvalue weighted by Gasteiger charge is -2.30. The molecule has 1 aliphatic rings. The number of halogens is 1. The van der Waals surface area contributed by atoms with E-state index in [2.05, 4.69) is 45.5 Å². The van der Waals surface area contributed by atoms with Crippen molar-refractivity contribution in [3.8, 4) is 5.69 Å². The number of hydrogen-bond acceptors (Lipinski definition) is 4. The first kappa shape index (κ1) is 19.1. The van der Waals surface area contributed by atoms with E-state index in [0.29, 0.717) is 5.69 Å². The van der Waals surface area contributed by atoms with Gasteiger partial charge in [-0.1, -0.05) is 47.7 Å². The molecule has 0 radical (unpaired) electrons. The zero-order valence-electron chi connectivity index (χ0n) is 15.0. The summed E-state index contributed by atoms with van der Waals surface area (Å²) in [5.74, 6) is -1.05. The molecule has 0 spiro atoms. The van der Waals surface area contributed by atoms with Crippen molar-refractivity contribution in [2.24, 2.45) is 0 Å². The number of nitrogens with zero attached hydrogens (tertiary/aromatic N) is 4. The van der Waals surface area contributed by atoms with E-state index in [1.165, 1.54) is 16.7 Å². The van der Waals surface area contributed by atoms with Crippen molar-refractivity contribution in [1.29, 1.82) is 0 Å². The first-order valence-electron chi connectivity index (χ1n) is 8.66. The number of carboxylic acids is 1. The van der Waals surface area contributed by atoms with Crippen molar-refractivity contribution < 1.29 is 9.90 Å². The van der Waals surface area contributed by atoms with Gasteiger partial charge >= 0.3 is 5.97 Å². The standard InChI is InChI=1S/C20H20N4O2.ClH/c1-14-19(20(25)26)21-22-24(14)18-9-5-8-16-13-23(11-10-17(16)18)12-15-6-3-2-4-7-15;/h2-9H,10-13H2,1H3,(H,25,26);1H. The van der Waals surface area contributed by atoms with Crippen molar-refractivity contribution in [2.75, 3.05) is 6.54 Å². The van der Waals surface area contributed by atoms with Crippen molar-refractivity contribution in [3.63, 3.8) is 0 Å². The number of aromatic nitrogens is 3. The van der Waals surface area contributed by atoms with Gasteiger partial charge in [-0.25, -0.2) is 9.48 Å². The minimum absolute atomic E-state index is 0. The Bertz CT molecular complexity index is 956. The van der Waals surface area contributed by atoms with Crippen molar-refractivity contribution in [2.45, 2.75) is 26.4 Å². The molecule has 6 nitrogen and oxygen atoms in total. The third-order valence-corrected chi connectivity index (χ3v) is 4.89. The molecule has 1 aliphatic heterocycles. The van der Waals surface area contributed by atoms with Gasteiger partial charge in [-0.05, 0) is 36.1 Å². The van der Waals surface area contributed by atoms with E-state index in [4.69, 9.17) is 0 Å². The molecule has 0 saturated heterocycles. The highest BCUT2D eigenvalue weighted by atomic mass is 35.5. The third kappa shape index (κ3) is 3.72. The summed E-state index contributed by atoms with van der Waals surface area (Å²) in [4.78, 5) is 13.7. The molecular weight excluding hydrogens is 364 g/mol. The van der Waals surface area contributed by atoms with Gasteiger partial charge < -0.3 is 5.11 Å². The van der Waals surface area contributed by atoms with Crippen LogP contribution in [0, 0.1) is 6.92 Å². The SMILES string of the molecule is Cc1c(C(=O)O)nnn1-c1cccc2c1CCN(Cc1ccccc1)C2.Cl. The second kappa shape index (κ2) is 7.90. The maximum absolute atomic E-state index is 11.2. The van der Waals surface area contributed by atoms with Gasteiger partial charge in [0.25, 0.3) is 0 Å².